The second-order valence-corrected chi connectivity index (χ2v) is 1.98. The maximum absolute atomic E-state index is 3.00. The zero-order valence-corrected chi connectivity index (χ0v) is 6.74. The molecule has 0 aliphatic carbocycles. The minimum atomic E-state index is 0. The van der Waals surface area contributed by atoms with Crippen LogP contribution in [-0.2, 0) is 0 Å². The topological polar surface area (TPSA) is 33.9 Å². The molecule has 1 aliphatic rings. The number of hydrogen-bond donors (Lipinski definition) is 2. The van der Waals surface area contributed by atoms with E-state index < -0.39 is 0 Å². The van der Waals surface area contributed by atoms with Crippen LogP contribution in [0.15, 0.2) is 0 Å². The third kappa shape index (κ3) is 0.910. The van der Waals surface area contributed by atoms with Gasteiger partial charge in [0, 0.05) is 0 Å². The summed E-state index contributed by atoms with van der Waals surface area (Å²) in [6.07, 6.45) is 0. The van der Waals surface area contributed by atoms with Gasteiger partial charge in [-0.25, -0.2) is 0 Å². The number of rotatable bonds is 0. The molecule has 0 fully saturated rings. The molecule has 0 radical (unpaired) electrons. The Morgan fingerprint density at radius 3 is 2.14 bits per heavy atom. The number of hydrogen-bond acceptors (Lipinski definition) is 3. The van der Waals surface area contributed by atoms with Gasteiger partial charge in [0.2, 0.25) is 0 Å². The average Bonchev–Trinajstić information content (AvgIpc) is 2.17. The first-order valence-corrected chi connectivity index (χ1v) is 2.45. The summed E-state index contributed by atoms with van der Waals surface area (Å²) < 4.78 is 3.83. The molecule has 0 unspecified atom stereocenters. The summed E-state index contributed by atoms with van der Waals surface area (Å²) in [5, 5.41) is 0. The monoisotopic (exact) mass is 146 g/mol. The van der Waals surface area contributed by atoms with Gasteiger partial charge in [0.05, 0.1) is 0 Å². The van der Waals surface area contributed by atoms with Crippen molar-refractivity contribution in [2.45, 2.75) is 0 Å². The maximum Gasteiger partial charge on any atom is 2.00 e. The standard InChI is InChI=1S/CH4N4S.Ca.2H/c1-2-4-5(3-1)6-4;;;/h2-3H,1H2;;;/q;+2;2*-1. The molecule has 0 atom stereocenters. The zero-order chi connectivity index (χ0) is 3.98. The first-order valence-electron chi connectivity index (χ1n) is 1.72. The van der Waals surface area contributed by atoms with E-state index in [0.29, 0.717) is 0 Å². The molecule has 2 heterocycles. The second-order valence-electron chi connectivity index (χ2n) is 1.12. The molecule has 1 aliphatic heterocycles. The van der Waals surface area contributed by atoms with E-state index in [1.165, 1.54) is 0 Å². The summed E-state index contributed by atoms with van der Waals surface area (Å²) >= 11 is 1.62. The summed E-state index contributed by atoms with van der Waals surface area (Å²) in [4.78, 5) is 0. The van der Waals surface area contributed by atoms with Crippen LogP contribution in [0.1, 0.15) is 2.85 Å². The SMILES string of the molecule is C1Nn2sn2N1.[Ca+2].[H-].[H-]. The first-order chi connectivity index (χ1) is 2.97. The Labute approximate surface area is 77.6 Å². The van der Waals surface area contributed by atoms with Gasteiger partial charge in [-0.2, -0.15) is 0 Å². The smallest absolute Gasteiger partial charge is 1.00 e. The number of fused-ring (bicyclic) bond motifs is 1. The fraction of sp³-hybridized carbons (Fsp3) is 1.00. The molecular formula is CH6CaN4S. The van der Waals surface area contributed by atoms with Gasteiger partial charge in [0.15, 0.2) is 0 Å². The van der Waals surface area contributed by atoms with Gasteiger partial charge in [-0.1, -0.05) is 8.36 Å². The van der Waals surface area contributed by atoms with Crippen molar-refractivity contribution < 1.29 is 2.85 Å². The van der Waals surface area contributed by atoms with Crippen molar-refractivity contribution in [2.24, 2.45) is 0 Å². The van der Waals surface area contributed by atoms with E-state index in [-0.39, 0.29) is 40.6 Å². The minimum Gasteiger partial charge on any atom is -1.00 e. The third-order valence-corrected chi connectivity index (χ3v) is 1.47. The summed E-state index contributed by atoms with van der Waals surface area (Å²) in [7, 11) is 0. The van der Waals surface area contributed by atoms with Gasteiger partial charge >= 0.3 is 37.7 Å². The van der Waals surface area contributed by atoms with E-state index in [9.17, 15) is 0 Å². The number of nitrogens with zero attached hydrogens (tertiary/aromatic N) is 2. The third-order valence-electron chi connectivity index (χ3n) is 0.724. The minimum absolute atomic E-state index is 0. The van der Waals surface area contributed by atoms with E-state index in [4.69, 9.17) is 0 Å². The van der Waals surface area contributed by atoms with Crippen molar-refractivity contribution >= 4 is 49.5 Å². The summed E-state index contributed by atoms with van der Waals surface area (Å²) in [5.41, 5.74) is 6.01. The van der Waals surface area contributed by atoms with E-state index in [0.717, 1.165) is 6.67 Å². The van der Waals surface area contributed by atoms with E-state index in [1.807, 2.05) is 8.36 Å². The maximum atomic E-state index is 3.00. The molecular weight excluding hydrogens is 140 g/mol. The van der Waals surface area contributed by atoms with Gasteiger partial charge in [-0.15, -0.1) is 0 Å². The van der Waals surface area contributed by atoms with Crippen LogP contribution in [0.25, 0.3) is 0 Å². The molecule has 6 heteroatoms. The Bertz CT molecular complexity index is 133. The van der Waals surface area contributed by atoms with E-state index in [2.05, 4.69) is 10.9 Å². The van der Waals surface area contributed by atoms with Crippen molar-refractivity contribution in [1.29, 1.82) is 0 Å². The van der Waals surface area contributed by atoms with E-state index >= 15 is 0 Å². The largest absolute Gasteiger partial charge is 2.00 e. The molecule has 2 rings (SSSR count). The van der Waals surface area contributed by atoms with Crippen molar-refractivity contribution in [1.82, 2.24) is 8.36 Å². The molecule has 1 aromatic rings. The Balaban J connectivity index is 0. The molecule has 4 nitrogen and oxygen atoms in total. The average molecular weight is 146 g/mol. The normalized spacial score (nSPS) is 14.3. The Morgan fingerprint density at radius 2 is 2.00 bits per heavy atom. The zero-order valence-electron chi connectivity index (χ0n) is 5.72. The van der Waals surface area contributed by atoms with Crippen molar-refractivity contribution in [3.8, 4) is 0 Å². The Morgan fingerprint density at radius 1 is 1.43 bits per heavy atom. The van der Waals surface area contributed by atoms with Crippen LogP contribution in [0.5, 0.6) is 0 Å². The van der Waals surface area contributed by atoms with Gasteiger partial charge < -0.3 is 2.85 Å². The molecule has 0 amide bonds. The predicted molar refractivity (Wildman–Crippen MR) is 31.9 cm³/mol. The fourth-order valence-corrected chi connectivity index (χ4v) is 0.888. The molecule has 0 saturated heterocycles. The van der Waals surface area contributed by atoms with Crippen molar-refractivity contribution in [3.63, 3.8) is 0 Å². The molecule has 0 aromatic carbocycles. The van der Waals surface area contributed by atoms with Gasteiger partial charge in [-0.05, 0) is 0 Å². The van der Waals surface area contributed by atoms with Crippen LogP contribution in [0.2, 0.25) is 0 Å². The molecule has 2 N–H and O–H groups in total. The number of aromatic nitrogens is 2. The quantitative estimate of drug-likeness (QED) is 0.472. The number of nitrogens with one attached hydrogen (secondary N) is 2. The Kier molecular flexibility index (Phi) is 1.57. The predicted octanol–water partition coefficient (Wildman–Crippen LogP) is -0.747. The summed E-state index contributed by atoms with van der Waals surface area (Å²) in [6, 6.07) is 0. The van der Waals surface area contributed by atoms with Crippen molar-refractivity contribution in [3.05, 3.63) is 0 Å². The van der Waals surface area contributed by atoms with Gasteiger partial charge in [0.25, 0.3) is 0 Å². The molecule has 38 valence electrons. The van der Waals surface area contributed by atoms with Crippen molar-refractivity contribution in [2.75, 3.05) is 17.5 Å². The first kappa shape index (κ1) is 5.81. The van der Waals surface area contributed by atoms with Gasteiger partial charge in [-0.3, -0.25) is 10.9 Å². The van der Waals surface area contributed by atoms with Crippen LogP contribution in [-0.4, -0.2) is 52.8 Å². The molecule has 0 saturated carbocycles. The van der Waals surface area contributed by atoms with Crippen LogP contribution >= 0.6 is 11.7 Å². The van der Waals surface area contributed by atoms with E-state index in [1.54, 1.807) is 11.7 Å². The van der Waals surface area contributed by atoms with Gasteiger partial charge in [0.1, 0.15) is 18.4 Å². The molecule has 7 heavy (non-hydrogen) atoms. The second kappa shape index (κ2) is 1.89. The summed E-state index contributed by atoms with van der Waals surface area (Å²) in [6.45, 7) is 0.868. The van der Waals surface area contributed by atoms with Crippen LogP contribution in [0.3, 0.4) is 0 Å². The summed E-state index contributed by atoms with van der Waals surface area (Å²) in [5.74, 6) is 0. The van der Waals surface area contributed by atoms with Crippen LogP contribution < -0.4 is 10.9 Å². The van der Waals surface area contributed by atoms with Crippen LogP contribution in [0, 0.1) is 0 Å². The van der Waals surface area contributed by atoms with Crippen LogP contribution in [0.4, 0.5) is 0 Å². The molecule has 0 bridgehead atoms. The Hall–Kier alpha value is 0.680. The molecule has 1 aromatic heterocycles. The fourth-order valence-electron chi connectivity index (χ4n) is 0.414. The molecule has 0 spiro atoms.